The first-order valence-electron chi connectivity index (χ1n) is 9.73. The molecule has 3 aromatic rings. The maximum Gasteiger partial charge on any atom is 0.261 e. The van der Waals surface area contributed by atoms with Gasteiger partial charge < -0.3 is 10.1 Å². The van der Waals surface area contributed by atoms with E-state index in [0.29, 0.717) is 28.8 Å². The summed E-state index contributed by atoms with van der Waals surface area (Å²) in [6.45, 7) is 3.24. The van der Waals surface area contributed by atoms with Crippen molar-refractivity contribution in [1.29, 1.82) is 0 Å². The van der Waals surface area contributed by atoms with Crippen LogP contribution in [-0.4, -0.2) is 22.1 Å². The van der Waals surface area contributed by atoms with Crippen molar-refractivity contribution in [3.63, 3.8) is 0 Å². The van der Waals surface area contributed by atoms with Gasteiger partial charge in [0.2, 0.25) is 0 Å². The van der Waals surface area contributed by atoms with Gasteiger partial charge in [-0.25, -0.2) is 4.98 Å². The van der Waals surface area contributed by atoms with Crippen LogP contribution in [0, 0.1) is 0 Å². The highest BCUT2D eigenvalue weighted by molar-refractivity contribution is 6.06. The Labute approximate surface area is 163 Å². The summed E-state index contributed by atoms with van der Waals surface area (Å²) in [5, 5.41) is 3.43. The number of fused-ring (bicyclic) bond motifs is 2. The highest BCUT2D eigenvalue weighted by Gasteiger charge is 2.15. The van der Waals surface area contributed by atoms with E-state index in [2.05, 4.69) is 10.3 Å². The molecule has 28 heavy (non-hydrogen) atoms. The summed E-state index contributed by atoms with van der Waals surface area (Å²) in [7, 11) is 0. The van der Waals surface area contributed by atoms with Crippen molar-refractivity contribution in [3.05, 3.63) is 64.2 Å². The van der Waals surface area contributed by atoms with Gasteiger partial charge in [-0.2, -0.15) is 0 Å². The molecule has 4 rings (SSSR count). The van der Waals surface area contributed by atoms with Gasteiger partial charge in [0.15, 0.2) is 0 Å². The van der Waals surface area contributed by atoms with Crippen LogP contribution >= 0.6 is 0 Å². The molecule has 1 amide bonds. The number of ether oxygens (including phenoxy) is 1. The lowest BCUT2D eigenvalue weighted by Gasteiger charge is -2.11. The molecular weight excluding hydrogens is 354 g/mol. The molecule has 0 bridgehead atoms. The molecule has 2 aromatic carbocycles. The lowest BCUT2D eigenvalue weighted by molar-refractivity contribution is 0.102. The molecule has 0 saturated carbocycles. The van der Waals surface area contributed by atoms with E-state index in [9.17, 15) is 9.59 Å². The Kier molecular flexibility index (Phi) is 5.10. The number of carbonyl (C=O) groups excluding carboxylic acids is 1. The van der Waals surface area contributed by atoms with E-state index < -0.39 is 0 Å². The molecule has 0 saturated heterocycles. The first-order valence-corrected chi connectivity index (χ1v) is 9.73. The number of amides is 1. The predicted octanol–water partition coefficient (Wildman–Crippen LogP) is 3.77. The zero-order valence-corrected chi connectivity index (χ0v) is 15.9. The van der Waals surface area contributed by atoms with Crippen molar-refractivity contribution in [3.8, 4) is 5.75 Å². The fourth-order valence-electron chi connectivity index (χ4n) is 3.56. The average molecular weight is 377 g/mol. The number of carbonyl (C=O) groups is 1. The minimum Gasteiger partial charge on any atom is -0.494 e. The van der Waals surface area contributed by atoms with Crippen molar-refractivity contribution in [2.45, 2.75) is 39.2 Å². The molecule has 0 atom stereocenters. The van der Waals surface area contributed by atoms with Crippen molar-refractivity contribution in [2.24, 2.45) is 0 Å². The number of rotatable bonds is 4. The highest BCUT2D eigenvalue weighted by Crippen LogP contribution is 2.19. The van der Waals surface area contributed by atoms with E-state index >= 15 is 0 Å². The van der Waals surface area contributed by atoms with Crippen LogP contribution in [0.3, 0.4) is 0 Å². The average Bonchev–Trinajstić information content (AvgIpc) is 2.95. The Morgan fingerprint density at radius 2 is 1.96 bits per heavy atom. The Morgan fingerprint density at radius 1 is 1.14 bits per heavy atom. The molecule has 1 N–H and O–H groups in total. The summed E-state index contributed by atoms with van der Waals surface area (Å²) >= 11 is 0. The minimum atomic E-state index is -0.233. The Hall–Kier alpha value is -3.15. The van der Waals surface area contributed by atoms with Crippen LogP contribution < -0.4 is 15.6 Å². The summed E-state index contributed by atoms with van der Waals surface area (Å²) in [5.74, 6) is 1.35. The number of nitrogens with one attached hydrogen (secondary N) is 1. The molecule has 1 aliphatic heterocycles. The zero-order valence-electron chi connectivity index (χ0n) is 15.9. The van der Waals surface area contributed by atoms with Gasteiger partial charge in [0.05, 0.1) is 17.5 Å². The third-order valence-electron chi connectivity index (χ3n) is 5.00. The van der Waals surface area contributed by atoms with E-state index in [-0.39, 0.29) is 11.5 Å². The largest absolute Gasteiger partial charge is 0.494 e. The van der Waals surface area contributed by atoms with Gasteiger partial charge in [0, 0.05) is 24.2 Å². The van der Waals surface area contributed by atoms with Crippen molar-refractivity contribution < 1.29 is 9.53 Å². The summed E-state index contributed by atoms with van der Waals surface area (Å²) < 4.78 is 7.20. The van der Waals surface area contributed by atoms with E-state index in [1.165, 1.54) is 0 Å². The predicted molar refractivity (Wildman–Crippen MR) is 109 cm³/mol. The van der Waals surface area contributed by atoms with E-state index in [4.69, 9.17) is 4.74 Å². The lowest BCUT2D eigenvalue weighted by Crippen LogP contribution is -2.24. The van der Waals surface area contributed by atoms with Gasteiger partial charge in [0.25, 0.3) is 11.5 Å². The Bertz CT molecular complexity index is 1070. The molecule has 0 unspecified atom stereocenters. The smallest absolute Gasteiger partial charge is 0.261 e. The normalized spacial score (nSPS) is 13.6. The summed E-state index contributed by atoms with van der Waals surface area (Å²) in [5.41, 5.74) is 1.73. The molecule has 0 spiro atoms. The number of anilines is 1. The van der Waals surface area contributed by atoms with Crippen molar-refractivity contribution in [1.82, 2.24) is 9.55 Å². The second kappa shape index (κ2) is 7.84. The number of aromatic nitrogens is 2. The third-order valence-corrected chi connectivity index (χ3v) is 5.00. The van der Waals surface area contributed by atoms with Crippen LogP contribution in [0.5, 0.6) is 5.75 Å². The molecule has 0 radical (unpaired) electrons. The molecular formula is C22H23N3O3. The second-order valence-electron chi connectivity index (χ2n) is 6.94. The molecule has 0 aliphatic carbocycles. The van der Waals surface area contributed by atoms with Crippen molar-refractivity contribution >= 4 is 22.5 Å². The number of aryl methyl sites for hydroxylation is 1. The Morgan fingerprint density at radius 3 is 2.75 bits per heavy atom. The minimum absolute atomic E-state index is 0.0135. The van der Waals surface area contributed by atoms with Gasteiger partial charge >= 0.3 is 0 Å². The fraction of sp³-hybridized carbons (Fsp3) is 0.318. The zero-order chi connectivity index (χ0) is 19.5. The monoisotopic (exact) mass is 377 g/mol. The third kappa shape index (κ3) is 3.63. The van der Waals surface area contributed by atoms with Crippen LogP contribution in [-0.2, 0) is 13.0 Å². The van der Waals surface area contributed by atoms with Crippen LogP contribution in [0.2, 0.25) is 0 Å². The van der Waals surface area contributed by atoms with E-state index in [1.807, 2.05) is 19.1 Å². The fourth-order valence-corrected chi connectivity index (χ4v) is 3.56. The molecule has 0 fully saturated rings. The van der Waals surface area contributed by atoms with Crippen LogP contribution in [0.4, 0.5) is 5.69 Å². The number of hydrogen-bond acceptors (Lipinski definition) is 4. The molecule has 6 nitrogen and oxygen atoms in total. The van der Waals surface area contributed by atoms with Gasteiger partial charge in [-0.05, 0) is 62.2 Å². The summed E-state index contributed by atoms with van der Waals surface area (Å²) in [4.78, 5) is 30.1. The van der Waals surface area contributed by atoms with Gasteiger partial charge in [-0.1, -0.05) is 6.42 Å². The molecule has 1 aromatic heterocycles. The molecule has 144 valence electrons. The van der Waals surface area contributed by atoms with E-state index in [0.717, 1.165) is 43.8 Å². The maximum atomic E-state index is 12.8. The van der Waals surface area contributed by atoms with E-state index in [1.54, 1.807) is 34.9 Å². The van der Waals surface area contributed by atoms with Crippen molar-refractivity contribution in [2.75, 3.05) is 11.9 Å². The topological polar surface area (TPSA) is 73.2 Å². The first-order chi connectivity index (χ1) is 13.7. The van der Waals surface area contributed by atoms with Gasteiger partial charge in [-0.15, -0.1) is 0 Å². The quantitative estimate of drug-likeness (QED) is 0.751. The lowest BCUT2D eigenvalue weighted by atomic mass is 10.1. The number of benzene rings is 2. The first kappa shape index (κ1) is 18.2. The highest BCUT2D eigenvalue weighted by atomic mass is 16.5. The maximum absolute atomic E-state index is 12.8. The van der Waals surface area contributed by atoms with Crippen LogP contribution in [0.15, 0.2) is 47.3 Å². The van der Waals surface area contributed by atoms with Gasteiger partial charge in [0.1, 0.15) is 11.6 Å². The van der Waals surface area contributed by atoms with Crippen LogP contribution in [0.25, 0.3) is 10.9 Å². The second-order valence-corrected chi connectivity index (χ2v) is 6.94. The van der Waals surface area contributed by atoms with Gasteiger partial charge in [-0.3, -0.25) is 14.2 Å². The molecule has 1 aliphatic rings. The van der Waals surface area contributed by atoms with Crippen LogP contribution in [0.1, 0.15) is 42.4 Å². The standard InChI is InChI=1S/C22H23N3O3/c1-2-28-17-10-8-16(9-11-17)23-21(26)15-7-12-18-19(14-15)24-20-6-4-3-5-13-25(20)22(18)27/h7-12,14H,2-6,13H2,1H3,(H,23,26). The Balaban J connectivity index is 1.61. The molecule has 2 heterocycles. The summed E-state index contributed by atoms with van der Waals surface area (Å²) in [6, 6.07) is 12.3. The SMILES string of the molecule is CCOc1ccc(NC(=O)c2ccc3c(=O)n4c(nc3c2)CCCCC4)cc1. The number of hydrogen-bond donors (Lipinski definition) is 1. The summed E-state index contributed by atoms with van der Waals surface area (Å²) in [6.07, 6.45) is 3.95. The number of nitrogens with zero attached hydrogens (tertiary/aromatic N) is 2. The molecule has 6 heteroatoms.